The van der Waals surface area contributed by atoms with Gasteiger partial charge in [-0.3, -0.25) is 9.00 Å². The first kappa shape index (κ1) is 10.0. The van der Waals surface area contributed by atoms with Crippen LogP contribution in [0, 0.1) is 0 Å². The number of rotatable bonds is 0. The normalized spacial score (nSPS) is 48.1. The van der Waals surface area contributed by atoms with E-state index in [1.54, 1.807) is 0 Å². The highest BCUT2D eigenvalue weighted by Gasteiger charge is 2.50. The second-order valence-electron chi connectivity index (χ2n) is 3.51. The molecule has 2 aliphatic rings. The summed E-state index contributed by atoms with van der Waals surface area (Å²) in [5.41, 5.74) is 0. The number of hydrogen-bond acceptors (Lipinski definition) is 5. The molecule has 0 spiro atoms. The highest BCUT2D eigenvalue weighted by Crippen LogP contribution is 2.26. The molecular weight excluding hydrogens is 210 g/mol. The number of amides is 1. The Morgan fingerprint density at radius 2 is 1.93 bits per heavy atom. The Labute approximate surface area is 82.6 Å². The SMILES string of the molecule is O=C1C[S@@](=O)[C@H]2[C@H](O)[C@H](O)[C@H](O)CN12. The van der Waals surface area contributed by atoms with Gasteiger partial charge < -0.3 is 20.2 Å². The van der Waals surface area contributed by atoms with Gasteiger partial charge in [-0.05, 0) is 0 Å². The summed E-state index contributed by atoms with van der Waals surface area (Å²) in [6.07, 6.45) is -3.82. The van der Waals surface area contributed by atoms with Crippen molar-refractivity contribution >= 4 is 16.7 Å². The smallest absolute Gasteiger partial charge is 0.236 e. The standard InChI is InChI=1S/C7H11NO5S/c9-3-1-8-4(10)2-14(13)7(8)6(12)5(3)11/h3,5-7,9,11-12H,1-2H2/t3-,5-,6-,7+,14-/m1/s1. The third-order valence-corrected chi connectivity index (χ3v) is 4.19. The van der Waals surface area contributed by atoms with Gasteiger partial charge in [0.05, 0.1) is 17.3 Å². The fourth-order valence-corrected chi connectivity index (χ4v) is 3.36. The minimum atomic E-state index is -1.48. The van der Waals surface area contributed by atoms with Crippen LogP contribution in [0.1, 0.15) is 0 Å². The van der Waals surface area contributed by atoms with Crippen LogP contribution in [0.3, 0.4) is 0 Å². The van der Waals surface area contributed by atoms with E-state index >= 15 is 0 Å². The van der Waals surface area contributed by atoms with E-state index in [9.17, 15) is 24.3 Å². The van der Waals surface area contributed by atoms with E-state index in [0.29, 0.717) is 0 Å². The Morgan fingerprint density at radius 1 is 1.29 bits per heavy atom. The zero-order chi connectivity index (χ0) is 10.5. The molecule has 0 radical (unpaired) electrons. The van der Waals surface area contributed by atoms with Crippen LogP contribution in [0.15, 0.2) is 0 Å². The fraction of sp³-hybridized carbons (Fsp3) is 0.857. The van der Waals surface area contributed by atoms with Gasteiger partial charge in [0, 0.05) is 0 Å². The number of carbonyl (C=O) groups is 1. The summed E-state index contributed by atoms with van der Waals surface area (Å²) in [6, 6.07) is 0. The van der Waals surface area contributed by atoms with E-state index in [0.717, 1.165) is 0 Å². The summed E-state index contributed by atoms with van der Waals surface area (Å²) in [6.45, 7) is -0.0620. The molecule has 2 saturated heterocycles. The molecule has 6 nitrogen and oxygen atoms in total. The van der Waals surface area contributed by atoms with Crippen LogP contribution in [0.5, 0.6) is 0 Å². The van der Waals surface area contributed by atoms with Gasteiger partial charge in [-0.15, -0.1) is 0 Å². The second-order valence-corrected chi connectivity index (χ2v) is 5.04. The summed E-state index contributed by atoms with van der Waals surface area (Å²) in [7, 11) is -1.48. The molecule has 5 atom stereocenters. The van der Waals surface area contributed by atoms with Crippen molar-refractivity contribution < 1.29 is 24.3 Å². The number of nitrogens with zero attached hydrogens (tertiary/aromatic N) is 1. The third kappa shape index (κ3) is 1.28. The van der Waals surface area contributed by atoms with Crippen LogP contribution in [0.4, 0.5) is 0 Å². The first-order valence-corrected chi connectivity index (χ1v) is 5.61. The van der Waals surface area contributed by atoms with Crippen LogP contribution in [-0.4, -0.2) is 66.3 Å². The Kier molecular flexibility index (Phi) is 2.34. The van der Waals surface area contributed by atoms with Crippen molar-refractivity contribution in [2.24, 2.45) is 0 Å². The van der Waals surface area contributed by atoms with E-state index in [2.05, 4.69) is 0 Å². The molecule has 0 unspecified atom stereocenters. The molecule has 2 fully saturated rings. The maximum atomic E-state index is 11.4. The molecule has 14 heavy (non-hydrogen) atoms. The Morgan fingerprint density at radius 3 is 2.57 bits per heavy atom. The second kappa shape index (κ2) is 3.27. The first-order valence-electron chi connectivity index (χ1n) is 4.23. The lowest BCUT2D eigenvalue weighted by molar-refractivity contribution is -0.147. The molecule has 3 N–H and O–H groups in total. The lowest BCUT2D eigenvalue weighted by Crippen LogP contribution is -2.60. The van der Waals surface area contributed by atoms with Gasteiger partial charge in [-0.1, -0.05) is 0 Å². The molecule has 0 aromatic heterocycles. The van der Waals surface area contributed by atoms with Crippen molar-refractivity contribution in [1.29, 1.82) is 0 Å². The van der Waals surface area contributed by atoms with Gasteiger partial charge in [-0.25, -0.2) is 0 Å². The molecule has 80 valence electrons. The van der Waals surface area contributed by atoms with E-state index in [-0.39, 0.29) is 18.2 Å². The minimum Gasteiger partial charge on any atom is -0.388 e. The molecule has 0 bridgehead atoms. The summed E-state index contributed by atoms with van der Waals surface area (Å²) in [5, 5.41) is 27.3. The van der Waals surface area contributed by atoms with Crippen LogP contribution in [-0.2, 0) is 15.6 Å². The topological polar surface area (TPSA) is 98.1 Å². The average Bonchev–Trinajstić information content (AvgIpc) is 2.38. The molecule has 0 aliphatic carbocycles. The molecule has 2 heterocycles. The number of aliphatic hydroxyl groups excluding tert-OH is 3. The van der Waals surface area contributed by atoms with Crippen molar-refractivity contribution in [3.63, 3.8) is 0 Å². The molecule has 2 aliphatic heterocycles. The van der Waals surface area contributed by atoms with Gasteiger partial charge >= 0.3 is 0 Å². The predicted molar refractivity (Wildman–Crippen MR) is 46.5 cm³/mol. The molecule has 0 aromatic rings. The molecule has 7 heteroatoms. The van der Waals surface area contributed by atoms with Gasteiger partial charge in [0.25, 0.3) is 0 Å². The molecule has 1 amide bonds. The van der Waals surface area contributed by atoms with E-state index in [4.69, 9.17) is 0 Å². The highest BCUT2D eigenvalue weighted by molar-refractivity contribution is 7.86. The Hall–Kier alpha value is -0.500. The highest BCUT2D eigenvalue weighted by atomic mass is 32.2. The predicted octanol–water partition coefficient (Wildman–Crippen LogP) is -3.00. The summed E-state index contributed by atoms with van der Waals surface area (Å²) >= 11 is 0. The van der Waals surface area contributed by atoms with E-state index in [1.807, 2.05) is 0 Å². The van der Waals surface area contributed by atoms with Gasteiger partial charge in [0.2, 0.25) is 5.91 Å². The van der Waals surface area contributed by atoms with Crippen LogP contribution >= 0.6 is 0 Å². The monoisotopic (exact) mass is 221 g/mol. The van der Waals surface area contributed by atoms with Gasteiger partial charge in [-0.2, -0.15) is 0 Å². The fourth-order valence-electron chi connectivity index (χ4n) is 1.83. The maximum absolute atomic E-state index is 11.4. The minimum absolute atomic E-state index is 0.0620. The first-order chi connectivity index (χ1) is 6.52. The molecule has 0 aromatic carbocycles. The number of carbonyl (C=O) groups excluding carboxylic acids is 1. The number of fused-ring (bicyclic) bond motifs is 1. The number of piperidine rings is 1. The Balaban J connectivity index is 2.28. The summed E-state index contributed by atoms with van der Waals surface area (Å²) in [5.74, 6) is -0.486. The lowest BCUT2D eigenvalue weighted by Gasteiger charge is -2.38. The summed E-state index contributed by atoms with van der Waals surface area (Å²) in [4.78, 5) is 12.4. The average molecular weight is 221 g/mol. The third-order valence-electron chi connectivity index (χ3n) is 2.58. The summed E-state index contributed by atoms with van der Waals surface area (Å²) < 4.78 is 11.4. The van der Waals surface area contributed by atoms with Gasteiger partial charge in [0.15, 0.2) is 0 Å². The number of hydrogen-bond donors (Lipinski definition) is 3. The zero-order valence-electron chi connectivity index (χ0n) is 7.24. The molecule has 0 saturated carbocycles. The van der Waals surface area contributed by atoms with Crippen molar-refractivity contribution in [2.75, 3.05) is 12.3 Å². The van der Waals surface area contributed by atoms with Crippen LogP contribution < -0.4 is 0 Å². The van der Waals surface area contributed by atoms with Gasteiger partial charge in [0.1, 0.15) is 29.4 Å². The van der Waals surface area contributed by atoms with E-state index < -0.39 is 34.5 Å². The lowest BCUT2D eigenvalue weighted by atomic mass is 10.0. The zero-order valence-corrected chi connectivity index (χ0v) is 8.05. The molecule has 2 rings (SSSR count). The van der Waals surface area contributed by atoms with Crippen LogP contribution in [0.25, 0.3) is 0 Å². The Bertz CT molecular complexity index is 296. The van der Waals surface area contributed by atoms with Crippen molar-refractivity contribution in [2.45, 2.75) is 23.7 Å². The van der Waals surface area contributed by atoms with Crippen molar-refractivity contribution in [1.82, 2.24) is 4.90 Å². The van der Waals surface area contributed by atoms with E-state index in [1.165, 1.54) is 4.90 Å². The van der Waals surface area contributed by atoms with Crippen LogP contribution in [0.2, 0.25) is 0 Å². The largest absolute Gasteiger partial charge is 0.388 e. The number of aliphatic hydroxyl groups is 3. The van der Waals surface area contributed by atoms with Crippen molar-refractivity contribution in [3.8, 4) is 0 Å². The molecular formula is C7H11NO5S. The quantitative estimate of drug-likeness (QED) is 0.405. The maximum Gasteiger partial charge on any atom is 0.236 e. The van der Waals surface area contributed by atoms with Crippen molar-refractivity contribution in [3.05, 3.63) is 0 Å².